The van der Waals surface area contributed by atoms with Gasteiger partial charge in [0.2, 0.25) is 0 Å². The van der Waals surface area contributed by atoms with Crippen LogP contribution in [0.15, 0.2) is 72.8 Å². The highest BCUT2D eigenvalue weighted by Gasteiger charge is 2.12. The summed E-state index contributed by atoms with van der Waals surface area (Å²) in [5, 5.41) is 16.2. The molecule has 0 spiro atoms. The lowest BCUT2D eigenvalue weighted by Gasteiger charge is -2.09. The van der Waals surface area contributed by atoms with Gasteiger partial charge in [-0.15, -0.1) is 0 Å². The molecule has 152 valence electrons. The third-order valence-corrected chi connectivity index (χ3v) is 4.14. The highest BCUT2D eigenvalue weighted by molar-refractivity contribution is 6.04. The van der Waals surface area contributed by atoms with Crippen LogP contribution < -0.4 is 15.4 Å². The zero-order valence-electron chi connectivity index (χ0n) is 16.1. The maximum atomic E-state index is 12.3. The zero-order chi connectivity index (χ0) is 21.5. The summed E-state index contributed by atoms with van der Waals surface area (Å²) in [7, 11) is 0. The van der Waals surface area contributed by atoms with Crippen molar-refractivity contribution in [3.8, 4) is 5.75 Å². The number of hydrogen-bond acceptors (Lipinski definition) is 5. The first kappa shape index (κ1) is 20.5. The van der Waals surface area contributed by atoms with E-state index in [4.69, 9.17) is 4.74 Å². The number of rotatable bonds is 7. The highest BCUT2D eigenvalue weighted by atomic mass is 16.6. The lowest BCUT2D eigenvalue weighted by atomic mass is 10.2. The van der Waals surface area contributed by atoms with Gasteiger partial charge in [0.25, 0.3) is 17.5 Å². The minimum Gasteiger partial charge on any atom is -0.484 e. The van der Waals surface area contributed by atoms with Crippen molar-refractivity contribution in [2.45, 2.75) is 6.92 Å². The van der Waals surface area contributed by atoms with Gasteiger partial charge in [-0.3, -0.25) is 19.7 Å². The SMILES string of the molecule is Cc1ccc(NC(=O)COc2ccc(NC(=O)c3cccc([N+](=O)[O-])c3)cc2)cc1. The van der Waals surface area contributed by atoms with Crippen molar-refractivity contribution in [1.29, 1.82) is 0 Å². The second kappa shape index (κ2) is 9.33. The molecule has 0 radical (unpaired) electrons. The van der Waals surface area contributed by atoms with Crippen molar-refractivity contribution in [2.75, 3.05) is 17.2 Å². The number of anilines is 2. The number of ether oxygens (including phenoxy) is 1. The fraction of sp³-hybridized carbons (Fsp3) is 0.0909. The van der Waals surface area contributed by atoms with Crippen molar-refractivity contribution < 1.29 is 19.2 Å². The van der Waals surface area contributed by atoms with Gasteiger partial charge in [-0.25, -0.2) is 0 Å². The molecule has 0 aromatic heterocycles. The van der Waals surface area contributed by atoms with Crippen LogP contribution in [-0.4, -0.2) is 23.3 Å². The number of nitro benzene ring substituents is 1. The van der Waals surface area contributed by atoms with Crippen molar-refractivity contribution in [3.63, 3.8) is 0 Å². The van der Waals surface area contributed by atoms with Crippen LogP contribution in [0.4, 0.5) is 17.1 Å². The molecule has 0 heterocycles. The number of amides is 2. The second-order valence-corrected chi connectivity index (χ2v) is 6.49. The van der Waals surface area contributed by atoms with Gasteiger partial charge in [-0.2, -0.15) is 0 Å². The largest absolute Gasteiger partial charge is 0.484 e. The Bertz CT molecular complexity index is 1060. The van der Waals surface area contributed by atoms with E-state index in [1.165, 1.54) is 24.3 Å². The summed E-state index contributed by atoms with van der Waals surface area (Å²) >= 11 is 0. The quantitative estimate of drug-likeness (QED) is 0.453. The molecule has 8 heteroatoms. The number of nitrogens with zero attached hydrogens (tertiary/aromatic N) is 1. The van der Waals surface area contributed by atoms with E-state index in [0.717, 1.165) is 5.56 Å². The van der Waals surface area contributed by atoms with Gasteiger partial charge in [0.1, 0.15) is 5.75 Å². The first-order chi connectivity index (χ1) is 14.4. The van der Waals surface area contributed by atoms with Crippen LogP contribution in [0.5, 0.6) is 5.75 Å². The molecule has 0 saturated carbocycles. The van der Waals surface area contributed by atoms with Crippen LogP contribution in [0.3, 0.4) is 0 Å². The Balaban J connectivity index is 1.52. The van der Waals surface area contributed by atoms with Crippen LogP contribution in [0.2, 0.25) is 0 Å². The van der Waals surface area contributed by atoms with Gasteiger partial charge in [-0.1, -0.05) is 23.8 Å². The second-order valence-electron chi connectivity index (χ2n) is 6.49. The molecule has 3 rings (SSSR count). The molecular formula is C22H19N3O5. The third kappa shape index (κ3) is 5.65. The van der Waals surface area contributed by atoms with Crippen LogP contribution in [0.1, 0.15) is 15.9 Å². The average Bonchev–Trinajstić information content (AvgIpc) is 2.75. The molecular weight excluding hydrogens is 386 g/mol. The Kier molecular flexibility index (Phi) is 6.39. The van der Waals surface area contributed by atoms with Crippen molar-refractivity contribution in [2.24, 2.45) is 0 Å². The molecule has 0 atom stereocenters. The lowest BCUT2D eigenvalue weighted by molar-refractivity contribution is -0.384. The summed E-state index contributed by atoms with van der Waals surface area (Å²) in [5.41, 5.74) is 2.30. The predicted molar refractivity (Wildman–Crippen MR) is 113 cm³/mol. The van der Waals surface area contributed by atoms with E-state index in [1.807, 2.05) is 31.2 Å². The molecule has 0 bridgehead atoms. The average molecular weight is 405 g/mol. The van der Waals surface area contributed by atoms with E-state index in [9.17, 15) is 19.7 Å². The highest BCUT2D eigenvalue weighted by Crippen LogP contribution is 2.18. The topological polar surface area (TPSA) is 111 Å². The Hall–Kier alpha value is -4.20. The summed E-state index contributed by atoms with van der Waals surface area (Å²) < 4.78 is 5.45. The van der Waals surface area contributed by atoms with E-state index in [0.29, 0.717) is 17.1 Å². The first-order valence-electron chi connectivity index (χ1n) is 9.06. The van der Waals surface area contributed by atoms with Crippen LogP contribution in [0.25, 0.3) is 0 Å². The number of non-ortho nitro benzene ring substituents is 1. The number of hydrogen-bond donors (Lipinski definition) is 2. The maximum Gasteiger partial charge on any atom is 0.270 e. The Morgan fingerprint density at radius 2 is 1.57 bits per heavy atom. The fourth-order valence-corrected chi connectivity index (χ4v) is 2.58. The number of nitrogens with one attached hydrogen (secondary N) is 2. The minimum atomic E-state index is -0.558. The van der Waals surface area contributed by atoms with Crippen molar-refractivity contribution in [3.05, 3.63) is 94.0 Å². The van der Waals surface area contributed by atoms with Crippen LogP contribution in [-0.2, 0) is 4.79 Å². The van der Waals surface area contributed by atoms with Gasteiger partial charge in [0.15, 0.2) is 6.61 Å². The Morgan fingerprint density at radius 3 is 2.23 bits per heavy atom. The van der Waals surface area contributed by atoms with E-state index < -0.39 is 10.8 Å². The normalized spacial score (nSPS) is 10.2. The predicted octanol–water partition coefficient (Wildman–Crippen LogP) is 4.17. The molecule has 8 nitrogen and oxygen atoms in total. The maximum absolute atomic E-state index is 12.3. The standard InChI is InChI=1S/C22H19N3O5/c1-15-5-7-17(8-6-15)23-21(26)14-30-20-11-9-18(10-12-20)24-22(27)16-3-2-4-19(13-16)25(28)29/h2-13H,14H2,1H3,(H,23,26)(H,24,27). The molecule has 0 aliphatic rings. The molecule has 0 aliphatic heterocycles. The number of benzene rings is 3. The van der Waals surface area contributed by atoms with E-state index in [-0.39, 0.29) is 23.8 Å². The van der Waals surface area contributed by atoms with Gasteiger partial charge in [-0.05, 0) is 49.4 Å². The molecule has 3 aromatic carbocycles. The summed E-state index contributed by atoms with van der Waals surface area (Å²) in [6.07, 6.45) is 0. The van der Waals surface area contributed by atoms with Gasteiger partial charge in [0.05, 0.1) is 4.92 Å². The van der Waals surface area contributed by atoms with Gasteiger partial charge >= 0.3 is 0 Å². The van der Waals surface area contributed by atoms with Crippen molar-refractivity contribution >= 4 is 28.9 Å². The smallest absolute Gasteiger partial charge is 0.270 e. The van der Waals surface area contributed by atoms with Crippen LogP contribution in [0, 0.1) is 17.0 Å². The molecule has 3 aromatic rings. The monoisotopic (exact) mass is 405 g/mol. The van der Waals surface area contributed by atoms with E-state index in [1.54, 1.807) is 24.3 Å². The third-order valence-electron chi connectivity index (χ3n) is 4.14. The number of aryl methyl sites for hydroxylation is 1. The van der Waals surface area contributed by atoms with Crippen molar-refractivity contribution in [1.82, 2.24) is 0 Å². The molecule has 2 N–H and O–H groups in total. The van der Waals surface area contributed by atoms with E-state index >= 15 is 0 Å². The molecule has 0 saturated heterocycles. The number of carbonyl (C=O) groups is 2. The molecule has 0 aliphatic carbocycles. The molecule has 0 fully saturated rings. The minimum absolute atomic E-state index is 0.157. The number of carbonyl (C=O) groups excluding carboxylic acids is 2. The number of nitro groups is 1. The summed E-state index contributed by atoms with van der Waals surface area (Å²) in [6.45, 7) is 1.80. The lowest BCUT2D eigenvalue weighted by Crippen LogP contribution is -2.20. The molecule has 2 amide bonds. The zero-order valence-corrected chi connectivity index (χ0v) is 16.1. The first-order valence-corrected chi connectivity index (χ1v) is 9.06. The van der Waals surface area contributed by atoms with E-state index in [2.05, 4.69) is 10.6 Å². The molecule has 30 heavy (non-hydrogen) atoms. The summed E-state index contributed by atoms with van der Waals surface area (Å²) in [4.78, 5) is 34.5. The summed E-state index contributed by atoms with van der Waals surface area (Å²) in [6, 6.07) is 19.3. The van der Waals surface area contributed by atoms with Gasteiger partial charge < -0.3 is 15.4 Å². The summed E-state index contributed by atoms with van der Waals surface area (Å²) in [5.74, 6) is -0.297. The Labute approximate surface area is 172 Å². The fourth-order valence-electron chi connectivity index (χ4n) is 2.58. The van der Waals surface area contributed by atoms with Crippen LogP contribution >= 0.6 is 0 Å². The Morgan fingerprint density at radius 1 is 0.933 bits per heavy atom. The van der Waals surface area contributed by atoms with Gasteiger partial charge in [0, 0.05) is 29.1 Å². The molecule has 0 unspecified atom stereocenters.